The van der Waals surface area contributed by atoms with E-state index in [4.69, 9.17) is 17.0 Å². The number of thiocarbonyl (C=S) groups is 1. The standard InChI is InChI=1S/C26H41N5O2S/c1-5-29(6-2)12-13-31(26(34)27-10-7-11-30-14-16-33-17-15-30)19-23-18-22-9-8-20(3)21(4)24(22)28-25(23)32/h8-9,18H,5-7,10-17,19H2,1-4H3,(H,27,34)(H,28,32). The highest BCUT2D eigenvalue weighted by atomic mass is 32.1. The highest BCUT2D eigenvalue weighted by Crippen LogP contribution is 2.19. The van der Waals surface area contributed by atoms with Gasteiger partial charge in [0.25, 0.3) is 5.56 Å². The lowest BCUT2D eigenvalue weighted by atomic mass is 10.0. The molecule has 2 aromatic rings. The van der Waals surface area contributed by atoms with Crippen LogP contribution in [-0.2, 0) is 11.3 Å². The number of fused-ring (bicyclic) bond motifs is 1. The van der Waals surface area contributed by atoms with Crippen LogP contribution < -0.4 is 10.9 Å². The Bertz CT molecular complexity index is 999. The van der Waals surface area contributed by atoms with Crippen LogP contribution in [0.15, 0.2) is 23.0 Å². The maximum Gasteiger partial charge on any atom is 0.253 e. The summed E-state index contributed by atoms with van der Waals surface area (Å²) in [4.78, 5) is 23.0. The molecule has 2 N–H and O–H groups in total. The van der Waals surface area contributed by atoms with E-state index in [-0.39, 0.29) is 5.56 Å². The van der Waals surface area contributed by atoms with Crippen LogP contribution >= 0.6 is 12.2 Å². The third kappa shape index (κ3) is 7.25. The van der Waals surface area contributed by atoms with E-state index < -0.39 is 0 Å². The second-order valence-corrected chi connectivity index (χ2v) is 9.47. The van der Waals surface area contributed by atoms with E-state index >= 15 is 0 Å². The van der Waals surface area contributed by atoms with Gasteiger partial charge in [0.2, 0.25) is 0 Å². The molecule has 1 fully saturated rings. The first kappa shape index (κ1) is 26.6. The average Bonchev–Trinajstić information content (AvgIpc) is 2.85. The predicted octanol–water partition coefficient (Wildman–Crippen LogP) is 2.89. The predicted molar refractivity (Wildman–Crippen MR) is 145 cm³/mol. The van der Waals surface area contributed by atoms with E-state index in [1.165, 1.54) is 5.56 Å². The maximum atomic E-state index is 13.0. The number of pyridine rings is 1. The van der Waals surface area contributed by atoms with E-state index in [1.807, 2.05) is 6.07 Å². The van der Waals surface area contributed by atoms with Crippen molar-refractivity contribution >= 4 is 28.2 Å². The van der Waals surface area contributed by atoms with E-state index in [1.54, 1.807) is 0 Å². The van der Waals surface area contributed by atoms with Gasteiger partial charge in [0.05, 0.1) is 25.3 Å². The molecule has 8 heteroatoms. The van der Waals surface area contributed by atoms with Crippen LogP contribution in [-0.4, -0.2) is 90.4 Å². The van der Waals surface area contributed by atoms with Crippen molar-refractivity contribution in [2.24, 2.45) is 0 Å². The summed E-state index contributed by atoms with van der Waals surface area (Å²) in [5.41, 5.74) is 3.93. The van der Waals surface area contributed by atoms with Crippen LogP contribution in [0, 0.1) is 13.8 Å². The summed E-state index contributed by atoms with van der Waals surface area (Å²) < 4.78 is 5.43. The van der Waals surface area contributed by atoms with Crippen molar-refractivity contribution in [3.63, 3.8) is 0 Å². The van der Waals surface area contributed by atoms with E-state index in [2.05, 4.69) is 64.8 Å². The number of ether oxygens (including phenoxy) is 1. The van der Waals surface area contributed by atoms with Gasteiger partial charge in [-0.05, 0) is 74.7 Å². The summed E-state index contributed by atoms with van der Waals surface area (Å²) in [5, 5.41) is 5.22. The van der Waals surface area contributed by atoms with Gasteiger partial charge in [0.1, 0.15) is 0 Å². The molecule has 0 atom stereocenters. The lowest BCUT2D eigenvalue weighted by molar-refractivity contribution is 0.0376. The van der Waals surface area contributed by atoms with Gasteiger partial charge < -0.3 is 24.8 Å². The van der Waals surface area contributed by atoms with E-state index in [0.717, 1.165) is 94.0 Å². The number of nitrogens with one attached hydrogen (secondary N) is 2. The molecule has 0 bridgehead atoms. The fourth-order valence-electron chi connectivity index (χ4n) is 4.38. The van der Waals surface area contributed by atoms with Gasteiger partial charge in [-0.15, -0.1) is 0 Å². The molecule has 1 aliphatic heterocycles. The SMILES string of the molecule is CCN(CC)CCN(Cc1cc2ccc(C)c(C)c2[nH]c1=O)C(=S)NCCCN1CCOCC1. The Hall–Kier alpha value is -2.00. The second kappa shape index (κ2) is 13.2. The molecule has 1 aliphatic rings. The molecule has 0 spiro atoms. The van der Waals surface area contributed by atoms with E-state index in [0.29, 0.717) is 11.7 Å². The first-order valence-corrected chi connectivity index (χ1v) is 13.0. The number of aromatic amines is 1. The molecule has 1 saturated heterocycles. The Morgan fingerprint density at radius 3 is 2.62 bits per heavy atom. The summed E-state index contributed by atoms with van der Waals surface area (Å²) in [5.74, 6) is 0. The molecule has 0 unspecified atom stereocenters. The molecular weight excluding hydrogens is 446 g/mol. The minimum Gasteiger partial charge on any atom is -0.379 e. The molecule has 2 heterocycles. The molecule has 7 nitrogen and oxygen atoms in total. The third-order valence-electron chi connectivity index (χ3n) is 6.89. The van der Waals surface area contributed by atoms with Crippen molar-refractivity contribution in [2.75, 3.05) is 65.6 Å². The Morgan fingerprint density at radius 2 is 1.91 bits per heavy atom. The minimum absolute atomic E-state index is 0.0378. The number of hydrogen-bond acceptors (Lipinski definition) is 5. The summed E-state index contributed by atoms with van der Waals surface area (Å²) in [6.45, 7) is 18.2. The number of hydrogen-bond donors (Lipinski definition) is 2. The monoisotopic (exact) mass is 487 g/mol. The van der Waals surface area contributed by atoms with Crippen molar-refractivity contribution < 1.29 is 4.74 Å². The Balaban J connectivity index is 1.68. The van der Waals surface area contributed by atoms with Gasteiger partial charge in [-0.3, -0.25) is 9.69 Å². The molecule has 0 amide bonds. The molecule has 1 aromatic carbocycles. The van der Waals surface area contributed by atoms with Crippen LogP contribution in [0.3, 0.4) is 0 Å². The van der Waals surface area contributed by atoms with Gasteiger partial charge in [0.15, 0.2) is 5.11 Å². The summed E-state index contributed by atoms with van der Waals surface area (Å²) in [7, 11) is 0. The molecule has 0 saturated carbocycles. The molecule has 34 heavy (non-hydrogen) atoms. The smallest absolute Gasteiger partial charge is 0.253 e. The fourth-order valence-corrected chi connectivity index (χ4v) is 4.64. The van der Waals surface area contributed by atoms with Crippen molar-refractivity contribution in [1.82, 2.24) is 25.0 Å². The first-order valence-electron chi connectivity index (χ1n) is 12.6. The first-order chi connectivity index (χ1) is 16.4. The Labute approximate surface area is 209 Å². The van der Waals surface area contributed by atoms with Crippen LogP contribution in [0.1, 0.15) is 37.0 Å². The van der Waals surface area contributed by atoms with Gasteiger partial charge in [0, 0.05) is 38.3 Å². The molecule has 1 aromatic heterocycles. The van der Waals surface area contributed by atoms with Crippen LogP contribution in [0.25, 0.3) is 10.9 Å². The topological polar surface area (TPSA) is 63.8 Å². The van der Waals surface area contributed by atoms with Gasteiger partial charge in [-0.1, -0.05) is 26.0 Å². The number of rotatable bonds is 11. The number of aromatic nitrogens is 1. The van der Waals surface area contributed by atoms with Crippen molar-refractivity contribution in [2.45, 2.75) is 40.7 Å². The summed E-state index contributed by atoms with van der Waals surface area (Å²) >= 11 is 5.80. The number of nitrogens with zero attached hydrogens (tertiary/aromatic N) is 3. The lowest BCUT2D eigenvalue weighted by Crippen LogP contribution is -2.45. The van der Waals surface area contributed by atoms with Crippen molar-refractivity contribution in [1.29, 1.82) is 0 Å². The zero-order valence-electron chi connectivity index (χ0n) is 21.3. The average molecular weight is 488 g/mol. The van der Waals surface area contributed by atoms with E-state index in [9.17, 15) is 4.79 Å². The number of aryl methyl sites for hydroxylation is 2. The maximum absolute atomic E-state index is 13.0. The molecule has 3 rings (SSSR count). The number of morpholine rings is 1. The Morgan fingerprint density at radius 1 is 1.18 bits per heavy atom. The number of likely N-dealkylation sites (N-methyl/N-ethyl adjacent to an activating group) is 1. The minimum atomic E-state index is -0.0378. The molecule has 188 valence electrons. The fraction of sp³-hybridized carbons (Fsp3) is 0.615. The number of H-pyrrole nitrogens is 1. The van der Waals surface area contributed by atoms with Crippen LogP contribution in [0.2, 0.25) is 0 Å². The van der Waals surface area contributed by atoms with Crippen LogP contribution in [0.4, 0.5) is 0 Å². The third-order valence-corrected chi connectivity index (χ3v) is 7.29. The van der Waals surface area contributed by atoms with Gasteiger partial charge in [-0.2, -0.15) is 0 Å². The van der Waals surface area contributed by atoms with Crippen LogP contribution in [0.5, 0.6) is 0 Å². The normalized spacial score (nSPS) is 14.6. The Kier molecular flexibility index (Phi) is 10.3. The summed E-state index contributed by atoms with van der Waals surface area (Å²) in [6.07, 6.45) is 1.03. The molecule has 0 aliphatic carbocycles. The second-order valence-electron chi connectivity index (χ2n) is 9.08. The highest BCUT2D eigenvalue weighted by molar-refractivity contribution is 7.80. The summed E-state index contributed by atoms with van der Waals surface area (Å²) in [6, 6.07) is 6.21. The van der Waals surface area contributed by atoms with Crippen molar-refractivity contribution in [3.8, 4) is 0 Å². The van der Waals surface area contributed by atoms with Gasteiger partial charge >= 0.3 is 0 Å². The molecule has 0 radical (unpaired) electrons. The van der Waals surface area contributed by atoms with Crippen molar-refractivity contribution in [3.05, 3.63) is 45.2 Å². The largest absolute Gasteiger partial charge is 0.379 e. The lowest BCUT2D eigenvalue weighted by Gasteiger charge is -2.29. The zero-order valence-corrected chi connectivity index (χ0v) is 22.1. The van der Waals surface area contributed by atoms with Gasteiger partial charge in [-0.25, -0.2) is 0 Å². The molecular formula is C26H41N5O2S. The quantitative estimate of drug-likeness (QED) is 0.373. The number of benzene rings is 1. The highest BCUT2D eigenvalue weighted by Gasteiger charge is 2.16. The zero-order chi connectivity index (χ0) is 24.5.